The van der Waals surface area contributed by atoms with Gasteiger partial charge in [0.05, 0.1) is 0 Å². The predicted molar refractivity (Wildman–Crippen MR) is 71.4 cm³/mol. The molecule has 0 amide bonds. The summed E-state index contributed by atoms with van der Waals surface area (Å²) in [6.07, 6.45) is 2.12. The lowest BCUT2D eigenvalue weighted by molar-refractivity contribution is 0.927. The van der Waals surface area contributed by atoms with E-state index in [9.17, 15) is 0 Å². The van der Waals surface area contributed by atoms with E-state index >= 15 is 0 Å². The van der Waals surface area contributed by atoms with Gasteiger partial charge in [0.15, 0.2) is 5.16 Å². The molecule has 0 unspecified atom stereocenters. The molecule has 0 bridgehead atoms. The van der Waals surface area contributed by atoms with Crippen LogP contribution in [-0.4, -0.2) is 19.9 Å². The highest BCUT2D eigenvalue weighted by Crippen LogP contribution is 2.29. The fraction of sp³-hybridized carbons (Fsp3) is 0.200. The number of aromatic nitrogens is 4. The maximum atomic E-state index is 6.00. The number of rotatable bonds is 3. The molecule has 0 aliphatic heterocycles. The van der Waals surface area contributed by atoms with Gasteiger partial charge < -0.3 is 11.5 Å². The van der Waals surface area contributed by atoms with Crippen LogP contribution in [0, 0.1) is 0 Å². The normalized spacial score (nSPS) is 10.6. The van der Waals surface area contributed by atoms with Crippen molar-refractivity contribution < 1.29 is 0 Å². The zero-order chi connectivity index (χ0) is 13.1. The number of nitrogen functional groups attached to an aromatic ring is 2. The van der Waals surface area contributed by atoms with Gasteiger partial charge >= 0.3 is 0 Å². The lowest BCUT2D eigenvalue weighted by Gasteiger charge is -2.06. The summed E-state index contributed by atoms with van der Waals surface area (Å²) in [6.45, 7) is 1.98. The molecule has 2 heterocycles. The molecule has 2 aromatic heterocycles. The second-order valence-electron chi connectivity index (χ2n) is 3.40. The van der Waals surface area contributed by atoms with Crippen LogP contribution in [0.15, 0.2) is 22.6 Å². The molecule has 0 radical (unpaired) electrons. The summed E-state index contributed by atoms with van der Waals surface area (Å²) in [5, 5.41) is 1.59. The molecule has 18 heavy (non-hydrogen) atoms. The first-order valence-corrected chi connectivity index (χ1v) is 6.37. The first-order valence-electron chi connectivity index (χ1n) is 5.17. The van der Waals surface area contributed by atoms with Crippen molar-refractivity contribution in [3.05, 3.63) is 23.1 Å². The van der Waals surface area contributed by atoms with Crippen molar-refractivity contribution in [2.75, 3.05) is 11.5 Å². The van der Waals surface area contributed by atoms with Crippen LogP contribution in [0.4, 0.5) is 11.6 Å². The molecule has 0 saturated carbocycles. The van der Waals surface area contributed by atoms with Crippen LogP contribution < -0.4 is 11.5 Å². The molecule has 4 N–H and O–H groups in total. The smallest absolute Gasteiger partial charge is 0.197 e. The van der Waals surface area contributed by atoms with Gasteiger partial charge in [0.2, 0.25) is 0 Å². The third-order valence-corrected chi connectivity index (χ3v) is 3.38. The number of hydrogen-bond acceptors (Lipinski definition) is 7. The molecule has 0 aliphatic rings. The van der Waals surface area contributed by atoms with Crippen molar-refractivity contribution in [2.24, 2.45) is 0 Å². The Morgan fingerprint density at radius 3 is 2.50 bits per heavy atom. The van der Waals surface area contributed by atoms with E-state index in [1.807, 2.05) is 6.92 Å². The van der Waals surface area contributed by atoms with Crippen molar-refractivity contribution in [3.8, 4) is 0 Å². The minimum absolute atomic E-state index is 0.322. The Balaban J connectivity index is 2.36. The van der Waals surface area contributed by atoms with Gasteiger partial charge in [0.1, 0.15) is 28.1 Å². The van der Waals surface area contributed by atoms with Crippen molar-refractivity contribution in [3.63, 3.8) is 0 Å². The lowest BCUT2D eigenvalue weighted by atomic mass is 10.3. The zero-order valence-electron chi connectivity index (χ0n) is 9.59. The summed E-state index contributed by atoms with van der Waals surface area (Å²) in [6, 6.07) is 1.50. The first kappa shape index (κ1) is 12.8. The SMILES string of the molecule is CCc1c(Cl)ncnc1Sc1nc(N)cc(N)n1. The molecule has 2 rings (SSSR count). The van der Waals surface area contributed by atoms with E-state index in [1.54, 1.807) is 0 Å². The average molecular weight is 283 g/mol. The summed E-state index contributed by atoms with van der Waals surface area (Å²) in [4.78, 5) is 16.3. The second-order valence-corrected chi connectivity index (χ2v) is 4.72. The van der Waals surface area contributed by atoms with Gasteiger partial charge in [-0.05, 0) is 18.2 Å². The largest absolute Gasteiger partial charge is 0.383 e. The molecule has 94 valence electrons. The van der Waals surface area contributed by atoms with Gasteiger partial charge in [-0.15, -0.1) is 0 Å². The van der Waals surface area contributed by atoms with E-state index in [0.717, 1.165) is 12.0 Å². The van der Waals surface area contributed by atoms with Crippen LogP contribution in [0.5, 0.6) is 0 Å². The van der Waals surface area contributed by atoms with Crippen LogP contribution in [0.1, 0.15) is 12.5 Å². The maximum absolute atomic E-state index is 6.00. The minimum Gasteiger partial charge on any atom is -0.383 e. The molecule has 0 atom stereocenters. The van der Waals surface area contributed by atoms with Crippen LogP contribution in [-0.2, 0) is 6.42 Å². The predicted octanol–water partition coefficient (Wildman–Crippen LogP) is 1.80. The van der Waals surface area contributed by atoms with Crippen LogP contribution in [0.25, 0.3) is 0 Å². The summed E-state index contributed by atoms with van der Waals surface area (Å²) in [5.41, 5.74) is 12.1. The number of hydrogen-bond donors (Lipinski definition) is 2. The quantitative estimate of drug-likeness (QED) is 0.653. The number of nitrogens with zero attached hydrogens (tertiary/aromatic N) is 4. The van der Waals surface area contributed by atoms with E-state index in [4.69, 9.17) is 23.1 Å². The summed E-state index contributed by atoms with van der Waals surface area (Å²) in [5.74, 6) is 0.645. The third kappa shape index (κ3) is 2.80. The lowest BCUT2D eigenvalue weighted by Crippen LogP contribution is -2.00. The third-order valence-electron chi connectivity index (χ3n) is 2.14. The molecular weight excluding hydrogens is 272 g/mol. The van der Waals surface area contributed by atoms with Gasteiger partial charge in [-0.2, -0.15) is 0 Å². The van der Waals surface area contributed by atoms with Gasteiger partial charge in [-0.3, -0.25) is 0 Å². The van der Waals surface area contributed by atoms with Crippen molar-refractivity contribution in [1.29, 1.82) is 0 Å². The van der Waals surface area contributed by atoms with Crippen molar-refractivity contribution in [1.82, 2.24) is 19.9 Å². The van der Waals surface area contributed by atoms with Crippen LogP contribution in [0.3, 0.4) is 0 Å². The monoisotopic (exact) mass is 282 g/mol. The number of halogens is 1. The van der Waals surface area contributed by atoms with Crippen LogP contribution in [0.2, 0.25) is 5.15 Å². The number of anilines is 2. The molecule has 0 aromatic carbocycles. The summed E-state index contributed by atoms with van der Waals surface area (Å²) in [7, 11) is 0. The average Bonchev–Trinajstić information content (AvgIpc) is 2.27. The Kier molecular flexibility index (Phi) is 3.83. The molecular formula is C10H11ClN6S. The van der Waals surface area contributed by atoms with Gasteiger partial charge in [0, 0.05) is 11.6 Å². The Bertz CT molecular complexity index is 556. The summed E-state index contributed by atoms with van der Waals surface area (Å²) >= 11 is 7.27. The topological polar surface area (TPSA) is 104 Å². The second kappa shape index (κ2) is 5.36. The van der Waals surface area contributed by atoms with Crippen LogP contribution >= 0.6 is 23.4 Å². The fourth-order valence-corrected chi connectivity index (χ4v) is 2.62. The Labute approximate surface area is 113 Å². The molecule has 2 aromatic rings. The number of nitrogens with two attached hydrogens (primary N) is 2. The highest BCUT2D eigenvalue weighted by molar-refractivity contribution is 7.99. The fourth-order valence-electron chi connectivity index (χ4n) is 1.36. The molecule has 6 nitrogen and oxygen atoms in total. The standard InChI is InChI=1S/C10H11ClN6S/c1-2-5-8(11)14-4-15-9(5)18-10-16-6(12)3-7(13)17-10/h3-4H,2H2,1H3,(H4,12,13,16,17). The summed E-state index contributed by atoms with van der Waals surface area (Å²) < 4.78 is 0. The zero-order valence-corrected chi connectivity index (χ0v) is 11.2. The Morgan fingerprint density at radius 1 is 1.22 bits per heavy atom. The van der Waals surface area contributed by atoms with E-state index in [0.29, 0.717) is 27.0 Å². The highest BCUT2D eigenvalue weighted by atomic mass is 35.5. The van der Waals surface area contributed by atoms with Gasteiger partial charge in [-0.1, -0.05) is 18.5 Å². The van der Waals surface area contributed by atoms with Crippen molar-refractivity contribution in [2.45, 2.75) is 23.5 Å². The maximum Gasteiger partial charge on any atom is 0.197 e. The Hall–Kier alpha value is -1.60. The Morgan fingerprint density at radius 2 is 1.89 bits per heavy atom. The van der Waals surface area contributed by atoms with E-state index in [-0.39, 0.29) is 0 Å². The minimum atomic E-state index is 0.322. The van der Waals surface area contributed by atoms with E-state index in [2.05, 4.69) is 19.9 Å². The van der Waals surface area contributed by atoms with Gasteiger partial charge in [0.25, 0.3) is 0 Å². The van der Waals surface area contributed by atoms with E-state index < -0.39 is 0 Å². The molecule has 8 heteroatoms. The van der Waals surface area contributed by atoms with Crippen molar-refractivity contribution >= 4 is 35.0 Å². The highest BCUT2D eigenvalue weighted by Gasteiger charge is 2.11. The molecule has 0 fully saturated rings. The first-order chi connectivity index (χ1) is 8.60. The molecule has 0 spiro atoms. The van der Waals surface area contributed by atoms with Gasteiger partial charge in [-0.25, -0.2) is 19.9 Å². The molecule has 0 saturated heterocycles. The van der Waals surface area contributed by atoms with E-state index in [1.165, 1.54) is 24.2 Å². The molecule has 0 aliphatic carbocycles.